The van der Waals surface area contributed by atoms with Gasteiger partial charge in [-0.15, -0.1) is 0 Å². The van der Waals surface area contributed by atoms with Crippen LogP contribution in [0.1, 0.15) is 179 Å². The molecule has 7 aromatic heterocycles. The number of H-pyrrole nitrogens is 2. The van der Waals surface area contributed by atoms with E-state index in [4.69, 9.17) is 9.97 Å². The van der Waals surface area contributed by atoms with E-state index in [1.807, 2.05) is 0 Å². The van der Waals surface area contributed by atoms with Gasteiger partial charge in [0.1, 0.15) is 26.2 Å². The van der Waals surface area contributed by atoms with Crippen LogP contribution in [0.4, 0.5) is 0 Å². The van der Waals surface area contributed by atoms with Crippen LogP contribution in [0.2, 0.25) is 0 Å². The van der Waals surface area contributed by atoms with Crippen LogP contribution in [0.5, 0.6) is 0 Å². The van der Waals surface area contributed by atoms with Gasteiger partial charge in [-0.25, -0.2) is 9.97 Å². The van der Waals surface area contributed by atoms with E-state index < -0.39 is 0 Å². The SMILES string of the molecule is CCCCCCC[n+]1ccccc1-c1c2nc(c(-c3cccc[n+]3CCCCCCC)c3ccc([nH]3)c(-c3cccc[n+]3CCCCCCC)c3nc(c(-c4cccc[n+]4CCCCCCC)c4ccc1[nH]4)C=C3)C=C2. The molecular formula is C68H86N8+4. The van der Waals surface area contributed by atoms with Crippen LogP contribution in [-0.4, -0.2) is 19.9 Å². The number of hydrogen-bond donors (Lipinski definition) is 2. The molecule has 7 aromatic rings. The van der Waals surface area contributed by atoms with E-state index in [1.54, 1.807) is 0 Å². The lowest BCUT2D eigenvalue weighted by molar-refractivity contribution is -0.686. The van der Waals surface area contributed by atoms with Crippen LogP contribution in [-0.2, 0) is 26.2 Å². The van der Waals surface area contributed by atoms with Crippen molar-refractivity contribution in [2.75, 3.05) is 0 Å². The van der Waals surface area contributed by atoms with E-state index in [0.29, 0.717) is 0 Å². The van der Waals surface area contributed by atoms with Crippen LogP contribution in [0.15, 0.2) is 122 Å². The number of pyridine rings is 4. The molecule has 0 saturated carbocycles. The highest BCUT2D eigenvalue weighted by Crippen LogP contribution is 2.37. The van der Waals surface area contributed by atoms with Gasteiger partial charge < -0.3 is 9.97 Å². The fourth-order valence-electron chi connectivity index (χ4n) is 11.4. The summed E-state index contributed by atoms with van der Waals surface area (Å²) in [6.07, 6.45) is 42.6. The van der Waals surface area contributed by atoms with Gasteiger partial charge in [0.05, 0.1) is 67.1 Å². The number of unbranched alkanes of at least 4 members (excludes halogenated alkanes) is 16. The Morgan fingerprint density at radius 2 is 0.526 bits per heavy atom. The van der Waals surface area contributed by atoms with Crippen molar-refractivity contribution in [3.63, 3.8) is 0 Å². The predicted molar refractivity (Wildman–Crippen MR) is 316 cm³/mol. The summed E-state index contributed by atoms with van der Waals surface area (Å²) < 4.78 is 9.82. The normalized spacial score (nSPS) is 12.1. The maximum atomic E-state index is 5.78. The first kappa shape index (κ1) is 54.0. The van der Waals surface area contributed by atoms with Crippen LogP contribution in [0, 0.1) is 0 Å². The number of fused-ring (bicyclic) bond motifs is 8. The molecule has 0 aliphatic carbocycles. The van der Waals surface area contributed by atoms with Gasteiger partial charge in [-0.05, 0) is 98.5 Å². The molecule has 76 heavy (non-hydrogen) atoms. The molecule has 0 unspecified atom stereocenters. The molecule has 394 valence electrons. The lowest BCUT2D eigenvalue weighted by atomic mass is 10.1. The maximum absolute atomic E-state index is 5.78. The number of aromatic nitrogens is 8. The molecule has 2 N–H and O–H groups in total. The summed E-state index contributed by atoms with van der Waals surface area (Å²) >= 11 is 0. The van der Waals surface area contributed by atoms with Crippen LogP contribution >= 0.6 is 0 Å². The molecule has 0 amide bonds. The molecule has 8 nitrogen and oxygen atoms in total. The van der Waals surface area contributed by atoms with Crippen molar-refractivity contribution in [2.24, 2.45) is 0 Å². The van der Waals surface area contributed by atoms with Gasteiger partial charge in [0.2, 0.25) is 22.8 Å². The monoisotopic (exact) mass is 1010 g/mol. The molecule has 0 fully saturated rings. The third-order valence-electron chi connectivity index (χ3n) is 15.6. The number of rotatable bonds is 28. The maximum Gasteiger partial charge on any atom is 0.216 e. The van der Waals surface area contributed by atoms with E-state index in [9.17, 15) is 0 Å². The second-order valence-corrected chi connectivity index (χ2v) is 21.3. The Bertz CT molecular complexity index is 2820. The summed E-state index contributed by atoms with van der Waals surface area (Å²) in [5.41, 5.74) is 16.9. The van der Waals surface area contributed by atoms with E-state index in [1.165, 1.54) is 103 Å². The summed E-state index contributed by atoms with van der Waals surface area (Å²) in [6, 6.07) is 35.8. The number of hydrogen-bond acceptors (Lipinski definition) is 2. The van der Waals surface area contributed by atoms with E-state index in [0.717, 1.165) is 142 Å². The molecule has 2 aliphatic rings. The van der Waals surface area contributed by atoms with E-state index in [2.05, 4.69) is 202 Å². The zero-order valence-corrected chi connectivity index (χ0v) is 46.5. The van der Waals surface area contributed by atoms with Crippen molar-refractivity contribution in [3.05, 3.63) is 145 Å². The minimum atomic E-state index is 0.939. The minimum Gasteiger partial charge on any atom is -0.354 e. The molecule has 8 heteroatoms. The fraction of sp³-hybridized carbons (Fsp3) is 0.412. The van der Waals surface area contributed by atoms with Gasteiger partial charge in [0.25, 0.3) is 0 Å². The molecule has 2 aliphatic heterocycles. The molecule has 0 atom stereocenters. The van der Waals surface area contributed by atoms with Crippen molar-refractivity contribution in [1.29, 1.82) is 0 Å². The molecule has 8 bridgehead atoms. The van der Waals surface area contributed by atoms with Gasteiger partial charge in [0, 0.05) is 74.2 Å². The second kappa shape index (κ2) is 27.8. The third kappa shape index (κ3) is 13.2. The van der Waals surface area contributed by atoms with Gasteiger partial charge >= 0.3 is 0 Å². The first-order chi connectivity index (χ1) is 37.6. The lowest BCUT2D eigenvalue weighted by Gasteiger charge is -2.08. The molecule has 9 heterocycles. The van der Waals surface area contributed by atoms with Crippen molar-refractivity contribution in [3.8, 4) is 45.0 Å². The predicted octanol–water partition coefficient (Wildman–Crippen LogP) is 16.4. The first-order valence-electron chi connectivity index (χ1n) is 29.7. The molecular weight excluding hydrogens is 929 g/mol. The summed E-state index contributed by atoms with van der Waals surface area (Å²) in [7, 11) is 0. The van der Waals surface area contributed by atoms with Gasteiger partial charge in [-0.3, -0.25) is 0 Å². The first-order valence-corrected chi connectivity index (χ1v) is 29.7. The molecule has 0 saturated heterocycles. The number of nitrogens with one attached hydrogen (secondary N) is 2. The molecule has 9 rings (SSSR count). The second-order valence-electron chi connectivity index (χ2n) is 21.3. The van der Waals surface area contributed by atoms with Gasteiger partial charge in [-0.1, -0.05) is 105 Å². The zero-order chi connectivity index (χ0) is 52.3. The van der Waals surface area contributed by atoms with Crippen molar-refractivity contribution in [2.45, 2.75) is 182 Å². The molecule has 0 spiro atoms. The van der Waals surface area contributed by atoms with Crippen molar-refractivity contribution in [1.82, 2.24) is 19.9 Å². The number of aromatic amines is 2. The largest absolute Gasteiger partial charge is 0.354 e. The summed E-state index contributed by atoms with van der Waals surface area (Å²) in [5.74, 6) is 0. The summed E-state index contributed by atoms with van der Waals surface area (Å²) in [6.45, 7) is 12.9. The highest BCUT2D eigenvalue weighted by atomic mass is 15.0. The lowest BCUT2D eigenvalue weighted by Crippen LogP contribution is -2.36. The van der Waals surface area contributed by atoms with Gasteiger partial charge in [-0.2, -0.15) is 18.3 Å². The number of nitrogens with zero attached hydrogens (tertiary/aromatic N) is 6. The standard InChI is InChI=1S/C68H85N8/c1-5-9-13-17-25-45-73-49-29-21-33-61(73)65-53-37-39-55(69-53)66(62-34-22-30-50-74(62)46-26-18-14-10-6-2)57-41-43-59(71-57)68(64-36-24-32-52-76(64)48-28-20-16-12-8-4)60-44-42-58(72-60)67(56-40-38-54(65)70-56)63-35-23-31-51-75(63)47-27-19-15-11-7-3/h21-24,29-44,49-52H,5-20,25-28,45-48H2,1-4H3,(H,69,70,71,72)/q+3/p+1. The number of aryl methyl sites for hydroxylation is 4. The Labute approximate surface area is 454 Å². The van der Waals surface area contributed by atoms with Crippen LogP contribution < -0.4 is 18.3 Å². The smallest absolute Gasteiger partial charge is 0.216 e. The molecule has 0 aromatic carbocycles. The Balaban J connectivity index is 1.35. The third-order valence-corrected chi connectivity index (χ3v) is 15.6. The summed E-state index contributed by atoms with van der Waals surface area (Å²) in [5, 5.41) is 0. The van der Waals surface area contributed by atoms with Crippen LogP contribution in [0.3, 0.4) is 0 Å². The van der Waals surface area contributed by atoms with Crippen molar-refractivity contribution < 1.29 is 18.3 Å². The fourth-order valence-corrected chi connectivity index (χ4v) is 11.4. The highest BCUT2D eigenvalue weighted by molar-refractivity contribution is 5.97. The van der Waals surface area contributed by atoms with E-state index >= 15 is 0 Å². The average molecular weight is 1020 g/mol. The molecule has 0 radical (unpaired) electrons. The quantitative estimate of drug-likeness (QED) is 0.0379. The Morgan fingerprint density at radius 3 is 0.763 bits per heavy atom. The van der Waals surface area contributed by atoms with E-state index in [-0.39, 0.29) is 0 Å². The van der Waals surface area contributed by atoms with Gasteiger partial charge in [0.15, 0.2) is 24.8 Å². The summed E-state index contributed by atoms with van der Waals surface area (Å²) in [4.78, 5) is 19.7. The minimum absolute atomic E-state index is 0.939. The Hall–Kier alpha value is -6.80. The Morgan fingerprint density at radius 1 is 0.289 bits per heavy atom. The topological polar surface area (TPSA) is 72.9 Å². The average Bonchev–Trinajstić information content (AvgIpc) is 4.32. The highest BCUT2D eigenvalue weighted by Gasteiger charge is 2.28. The van der Waals surface area contributed by atoms with Crippen LogP contribution in [0.25, 0.3) is 91.4 Å². The van der Waals surface area contributed by atoms with Crippen molar-refractivity contribution >= 4 is 46.4 Å². The zero-order valence-electron chi connectivity index (χ0n) is 46.5. The Kier molecular flexibility index (Phi) is 19.8.